The molecule has 6 nitrogen and oxygen atoms in total. The predicted octanol–water partition coefficient (Wildman–Crippen LogP) is 4.85. The highest BCUT2D eigenvalue weighted by atomic mass is 32.1. The van der Waals surface area contributed by atoms with Crippen LogP contribution in [0, 0.1) is 5.92 Å². The number of ketones is 1. The number of thiophene rings is 1. The molecule has 3 aromatic heterocycles. The zero-order chi connectivity index (χ0) is 19.8. The molecular formula is C17H17F3N4O2S. The van der Waals surface area contributed by atoms with Crippen molar-refractivity contribution >= 4 is 17.1 Å². The van der Waals surface area contributed by atoms with E-state index in [1.54, 1.807) is 23.0 Å². The average Bonchev–Trinajstić information content (AvgIpc) is 3.31. The lowest BCUT2D eigenvalue weighted by atomic mass is 10.0. The molecule has 0 saturated carbocycles. The highest BCUT2D eigenvalue weighted by Crippen LogP contribution is 2.34. The van der Waals surface area contributed by atoms with Crippen molar-refractivity contribution < 1.29 is 22.5 Å². The Balaban J connectivity index is 1.77. The van der Waals surface area contributed by atoms with E-state index >= 15 is 0 Å². The summed E-state index contributed by atoms with van der Waals surface area (Å²) in [5.41, 5.74) is 0.542. The van der Waals surface area contributed by atoms with Crippen molar-refractivity contribution in [3.05, 3.63) is 40.9 Å². The normalized spacial score (nSPS) is 13.3. The van der Waals surface area contributed by atoms with E-state index in [-0.39, 0.29) is 23.6 Å². The van der Waals surface area contributed by atoms with Gasteiger partial charge < -0.3 is 4.52 Å². The Labute approximate surface area is 157 Å². The number of carbonyl (C=O) groups is 1. The van der Waals surface area contributed by atoms with Crippen LogP contribution < -0.4 is 0 Å². The second kappa shape index (κ2) is 7.26. The molecule has 3 rings (SSSR count). The van der Waals surface area contributed by atoms with Gasteiger partial charge in [0.1, 0.15) is 0 Å². The summed E-state index contributed by atoms with van der Waals surface area (Å²) in [5.74, 6) is -1.20. The lowest BCUT2D eigenvalue weighted by Gasteiger charge is -2.09. The van der Waals surface area contributed by atoms with Crippen LogP contribution in [0.4, 0.5) is 13.2 Å². The summed E-state index contributed by atoms with van der Waals surface area (Å²) in [6, 6.07) is 3.21. The summed E-state index contributed by atoms with van der Waals surface area (Å²) in [6.45, 7) is 5.83. The van der Waals surface area contributed by atoms with Crippen molar-refractivity contribution in [1.29, 1.82) is 0 Å². The second-order valence-corrected chi connectivity index (χ2v) is 7.64. The van der Waals surface area contributed by atoms with Crippen LogP contribution in [0.15, 0.2) is 29.0 Å². The quantitative estimate of drug-likeness (QED) is 0.555. The maximum Gasteiger partial charge on any atom is 0.471 e. The van der Waals surface area contributed by atoms with Crippen molar-refractivity contribution in [1.82, 2.24) is 19.9 Å². The van der Waals surface area contributed by atoms with E-state index in [9.17, 15) is 18.0 Å². The van der Waals surface area contributed by atoms with E-state index in [0.29, 0.717) is 16.9 Å². The first kappa shape index (κ1) is 19.3. The highest BCUT2D eigenvalue weighted by molar-refractivity contribution is 7.15. The van der Waals surface area contributed by atoms with Gasteiger partial charge in [-0.2, -0.15) is 23.3 Å². The fourth-order valence-corrected chi connectivity index (χ4v) is 3.43. The molecule has 0 amide bonds. The number of rotatable bonds is 6. The van der Waals surface area contributed by atoms with Crippen LogP contribution in [-0.2, 0) is 6.18 Å². The van der Waals surface area contributed by atoms with Gasteiger partial charge in [0.15, 0.2) is 5.78 Å². The van der Waals surface area contributed by atoms with Crippen LogP contribution in [0.3, 0.4) is 0 Å². The van der Waals surface area contributed by atoms with Crippen LogP contribution in [0.25, 0.3) is 10.7 Å². The molecule has 0 N–H and O–H groups in total. The van der Waals surface area contributed by atoms with Gasteiger partial charge >= 0.3 is 12.1 Å². The van der Waals surface area contributed by atoms with Gasteiger partial charge in [-0.15, -0.1) is 11.3 Å². The molecule has 1 unspecified atom stereocenters. The van der Waals surface area contributed by atoms with Crippen LogP contribution in [0.5, 0.6) is 0 Å². The summed E-state index contributed by atoms with van der Waals surface area (Å²) in [4.78, 5) is 16.8. The third kappa shape index (κ3) is 4.26. The molecule has 144 valence electrons. The first-order valence-electron chi connectivity index (χ1n) is 8.23. The molecule has 0 saturated heterocycles. The summed E-state index contributed by atoms with van der Waals surface area (Å²) in [5, 5.41) is 7.63. The third-order valence-corrected chi connectivity index (χ3v) is 5.09. The topological polar surface area (TPSA) is 73.8 Å². The van der Waals surface area contributed by atoms with E-state index in [4.69, 9.17) is 0 Å². The number of hydrogen-bond donors (Lipinski definition) is 0. The fraction of sp³-hybridized carbons (Fsp3) is 0.412. The Morgan fingerprint density at radius 3 is 2.67 bits per heavy atom. The first-order valence-corrected chi connectivity index (χ1v) is 9.05. The molecule has 0 aliphatic rings. The van der Waals surface area contributed by atoms with E-state index in [0.717, 1.165) is 4.88 Å². The number of Topliss-reactive ketones (excluding diaryl/α,β-unsaturated/α-hetero) is 1. The number of halogens is 3. The number of nitrogens with zero attached hydrogens (tertiary/aromatic N) is 4. The number of carbonyl (C=O) groups excluding carboxylic acids is 1. The van der Waals surface area contributed by atoms with Crippen LogP contribution in [0.1, 0.15) is 54.4 Å². The Morgan fingerprint density at radius 2 is 2.04 bits per heavy atom. The largest absolute Gasteiger partial charge is 0.471 e. The number of hydrogen-bond acceptors (Lipinski definition) is 6. The van der Waals surface area contributed by atoms with Gasteiger partial charge in [-0.1, -0.05) is 19.0 Å². The van der Waals surface area contributed by atoms with Crippen LogP contribution in [-0.4, -0.2) is 25.7 Å². The zero-order valence-electron chi connectivity index (χ0n) is 14.8. The Morgan fingerprint density at radius 1 is 1.30 bits per heavy atom. The maximum atomic E-state index is 12.6. The minimum atomic E-state index is -4.67. The van der Waals surface area contributed by atoms with E-state index < -0.39 is 12.1 Å². The van der Waals surface area contributed by atoms with Gasteiger partial charge in [0.05, 0.1) is 22.7 Å². The molecule has 0 aliphatic carbocycles. The fourth-order valence-electron chi connectivity index (χ4n) is 2.45. The molecule has 0 radical (unpaired) electrons. The first-order chi connectivity index (χ1) is 12.6. The Hall–Kier alpha value is -2.49. The molecule has 3 heterocycles. The minimum absolute atomic E-state index is 0.0294. The van der Waals surface area contributed by atoms with Gasteiger partial charge in [-0.25, -0.2) is 0 Å². The zero-order valence-corrected chi connectivity index (χ0v) is 15.6. The van der Waals surface area contributed by atoms with Gasteiger partial charge in [0.25, 0.3) is 0 Å². The van der Waals surface area contributed by atoms with Crippen LogP contribution >= 0.6 is 11.3 Å². The van der Waals surface area contributed by atoms with E-state index in [2.05, 4.69) is 19.8 Å². The summed E-state index contributed by atoms with van der Waals surface area (Å²) in [6.07, 6.45) is -1.01. The van der Waals surface area contributed by atoms with Crippen molar-refractivity contribution in [3.8, 4) is 10.7 Å². The van der Waals surface area contributed by atoms with Crippen molar-refractivity contribution in [2.24, 2.45) is 5.92 Å². The van der Waals surface area contributed by atoms with Gasteiger partial charge in [-0.3, -0.25) is 9.48 Å². The molecule has 0 aromatic carbocycles. The molecule has 0 bridgehead atoms. The van der Waals surface area contributed by atoms with Crippen molar-refractivity contribution in [2.45, 2.75) is 39.4 Å². The number of alkyl halides is 3. The van der Waals surface area contributed by atoms with Crippen LogP contribution in [0.2, 0.25) is 0 Å². The second-order valence-electron chi connectivity index (χ2n) is 6.53. The predicted molar refractivity (Wildman–Crippen MR) is 92.4 cm³/mol. The monoisotopic (exact) mass is 398 g/mol. The number of aromatic nitrogens is 4. The van der Waals surface area contributed by atoms with Crippen molar-refractivity contribution in [3.63, 3.8) is 0 Å². The van der Waals surface area contributed by atoms with Gasteiger partial charge in [0, 0.05) is 17.5 Å². The SMILES string of the molecule is CC(C)CC(=O)c1cnn(C(C)c2ccc(-c3noc(C(F)(F)F)n3)s2)c1. The molecule has 0 fully saturated rings. The average molecular weight is 398 g/mol. The molecule has 0 spiro atoms. The molecule has 10 heteroatoms. The standard InChI is InChI=1S/C17H17F3N4O2S/c1-9(2)6-12(25)11-7-21-24(8-11)10(3)13-4-5-14(27-13)15-22-16(26-23-15)17(18,19)20/h4-5,7-10H,6H2,1-3H3. The molecule has 0 aliphatic heterocycles. The third-order valence-electron chi connectivity index (χ3n) is 3.84. The summed E-state index contributed by atoms with van der Waals surface area (Å²) < 4.78 is 43.7. The molecule has 3 aromatic rings. The highest BCUT2D eigenvalue weighted by Gasteiger charge is 2.38. The molecule has 27 heavy (non-hydrogen) atoms. The lowest BCUT2D eigenvalue weighted by Crippen LogP contribution is -2.06. The Kier molecular flexibility index (Phi) is 5.18. The molecule has 1 atom stereocenters. The molecular weight excluding hydrogens is 381 g/mol. The maximum absolute atomic E-state index is 12.6. The van der Waals surface area contributed by atoms with Gasteiger partial charge in [0.2, 0.25) is 5.82 Å². The smallest absolute Gasteiger partial charge is 0.329 e. The lowest BCUT2D eigenvalue weighted by molar-refractivity contribution is -0.159. The summed E-state index contributed by atoms with van der Waals surface area (Å²) in [7, 11) is 0. The van der Waals surface area contributed by atoms with Crippen molar-refractivity contribution in [2.75, 3.05) is 0 Å². The van der Waals surface area contributed by atoms with E-state index in [1.165, 1.54) is 17.5 Å². The Bertz CT molecular complexity index is 942. The minimum Gasteiger partial charge on any atom is -0.329 e. The van der Waals surface area contributed by atoms with Gasteiger partial charge in [-0.05, 0) is 25.0 Å². The summed E-state index contributed by atoms with van der Waals surface area (Å²) >= 11 is 1.24. The van der Waals surface area contributed by atoms with E-state index in [1.807, 2.05) is 20.8 Å².